The van der Waals surface area contributed by atoms with E-state index < -0.39 is 10.0 Å². The second-order valence-electron chi connectivity index (χ2n) is 5.08. The lowest BCUT2D eigenvalue weighted by Crippen LogP contribution is -2.09. The van der Waals surface area contributed by atoms with Crippen LogP contribution in [0.3, 0.4) is 0 Å². The van der Waals surface area contributed by atoms with Crippen LogP contribution in [0, 0.1) is 6.92 Å². The normalized spacial score (nSPS) is 12.9. The molecule has 0 aromatic heterocycles. The summed E-state index contributed by atoms with van der Waals surface area (Å²) in [5.41, 5.74) is 1.58. The summed E-state index contributed by atoms with van der Waals surface area (Å²) in [6, 6.07) is 15.5. The van der Waals surface area contributed by atoms with Gasteiger partial charge in [0.2, 0.25) is 0 Å². The number of hydrogen-bond donors (Lipinski definition) is 0. The monoisotopic (exact) mass is 376 g/mol. The Kier molecular flexibility index (Phi) is 6.78. The number of ether oxygens (including phenoxy) is 1. The highest BCUT2D eigenvalue weighted by molar-refractivity contribution is 8.13. The van der Waals surface area contributed by atoms with E-state index in [1.165, 1.54) is 11.8 Å². The molecule has 0 spiro atoms. The zero-order valence-corrected chi connectivity index (χ0v) is 16.0. The molecule has 2 aromatic rings. The van der Waals surface area contributed by atoms with Crippen molar-refractivity contribution in [1.29, 1.82) is 0 Å². The van der Waals surface area contributed by atoms with Gasteiger partial charge in [0.15, 0.2) is 5.84 Å². The van der Waals surface area contributed by atoms with Crippen molar-refractivity contribution < 1.29 is 13.2 Å². The number of hydrogen-bond acceptors (Lipinski definition) is 4. The van der Waals surface area contributed by atoms with E-state index in [1.54, 1.807) is 48.5 Å². The van der Waals surface area contributed by atoms with Crippen LogP contribution in [0.2, 0.25) is 0 Å². The van der Waals surface area contributed by atoms with Gasteiger partial charge in [-0.1, -0.05) is 59.8 Å². The molecule has 25 heavy (non-hydrogen) atoms. The summed E-state index contributed by atoms with van der Waals surface area (Å²) < 4.78 is 34.7. The van der Waals surface area contributed by atoms with Crippen LogP contribution in [0.5, 0.6) is 0 Å². The molecule has 0 fully saturated rings. The van der Waals surface area contributed by atoms with Gasteiger partial charge in [-0.05, 0) is 32.2 Å². The molecule has 0 radical (unpaired) electrons. The van der Waals surface area contributed by atoms with Gasteiger partial charge >= 0.3 is 0 Å². The molecule has 0 aliphatic rings. The SMILES string of the molecule is CCOC(=NC(=NS(=O)(=O)c1ccc(C)cc1)c1ccccc1)SC. The predicted octanol–water partition coefficient (Wildman–Crippen LogP) is 3.89. The highest BCUT2D eigenvalue weighted by Crippen LogP contribution is 2.16. The first-order valence-corrected chi connectivity index (χ1v) is 10.3. The molecule has 0 N–H and O–H groups in total. The maximum Gasteiger partial charge on any atom is 0.284 e. The van der Waals surface area contributed by atoms with Gasteiger partial charge in [-0.2, -0.15) is 13.4 Å². The number of nitrogens with zero attached hydrogens (tertiary/aromatic N) is 2. The minimum Gasteiger partial charge on any atom is -0.473 e. The predicted molar refractivity (Wildman–Crippen MR) is 104 cm³/mol. The molecular formula is C18H20N2O3S2. The first-order chi connectivity index (χ1) is 12.0. The molecular weight excluding hydrogens is 356 g/mol. The molecule has 0 unspecified atom stereocenters. The Morgan fingerprint density at radius 3 is 2.28 bits per heavy atom. The molecule has 2 aromatic carbocycles. The van der Waals surface area contributed by atoms with Gasteiger partial charge in [-0.25, -0.2) is 0 Å². The second-order valence-corrected chi connectivity index (χ2v) is 7.45. The smallest absolute Gasteiger partial charge is 0.284 e. The largest absolute Gasteiger partial charge is 0.473 e. The van der Waals surface area contributed by atoms with E-state index in [9.17, 15) is 8.42 Å². The Bertz CT molecular complexity index is 859. The lowest BCUT2D eigenvalue weighted by molar-refractivity contribution is 0.338. The quantitative estimate of drug-likeness (QED) is 0.600. The molecule has 7 heteroatoms. The third-order valence-corrected chi connectivity index (χ3v) is 5.04. The summed E-state index contributed by atoms with van der Waals surface area (Å²) in [5.74, 6) is 0.0963. The molecule has 0 atom stereocenters. The lowest BCUT2D eigenvalue weighted by Gasteiger charge is -2.07. The van der Waals surface area contributed by atoms with Gasteiger partial charge < -0.3 is 4.74 Å². The Hall–Kier alpha value is -2.12. The molecule has 0 heterocycles. The minimum atomic E-state index is -3.88. The number of amidine groups is 1. The Labute approximate surface area is 152 Å². The van der Waals surface area contributed by atoms with E-state index in [1.807, 2.05) is 26.2 Å². The Morgan fingerprint density at radius 1 is 1.08 bits per heavy atom. The van der Waals surface area contributed by atoms with Gasteiger partial charge in [0, 0.05) is 5.56 Å². The molecule has 0 aliphatic carbocycles. The maximum absolute atomic E-state index is 12.7. The van der Waals surface area contributed by atoms with Crippen molar-refractivity contribution in [3.05, 3.63) is 65.7 Å². The molecule has 0 amide bonds. The number of aliphatic imine (C=N–C) groups is 1. The summed E-state index contributed by atoms with van der Waals surface area (Å²) in [5, 5.41) is 0.365. The molecule has 2 rings (SSSR count). The van der Waals surface area contributed by atoms with Gasteiger partial charge in [0.1, 0.15) is 0 Å². The number of sulfonamides is 1. The lowest BCUT2D eigenvalue weighted by atomic mass is 10.2. The van der Waals surface area contributed by atoms with Crippen LogP contribution in [0.15, 0.2) is 68.9 Å². The van der Waals surface area contributed by atoms with Crippen molar-refractivity contribution in [2.45, 2.75) is 18.7 Å². The van der Waals surface area contributed by atoms with Crippen LogP contribution in [0.1, 0.15) is 18.1 Å². The molecule has 0 bridgehead atoms. The van der Waals surface area contributed by atoms with E-state index >= 15 is 0 Å². The van der Waals surface area contributed by atoms with Gasteiger partial charge in [-0.3, -0.25) is 0 Å². The van der Waals surface area contributed by atoms with Gasteiger partial charge in [-0.15, -0.1) is 4.40 Å². The van der Waals surface area contributed by atoms with Crippen molar-refractivity contribution in [2.24, 2.45) is 9.39 Å². The average Bonchev–Trinajstić information content (AvgIpc) is 2.61. The molecule has 0 aliphatic heterocycles. The molecule has 0 saturated heterocycles. The van der Waals surface area contributed by atoms with Crippen LogP contribution < -0.4 is 0 Å². The summed E-state index contributed by atoms with van der Waals surface area (Å²) in [7, 11) is -3.88. The highest BCUT2D eigenvalue weighted by atomic mass is 32.2. The number of rotatable bonds is 4. The number of benzene rings is 2. The van der Waals surface area contributed by atoms with Crippen molar-refractivity contribution in [2.75, 3.05) is 12.9 Å². The molecule has 5 nitrogen and oxygen atoms in total. The number of thioether (sulfide) groups is 1. The van der Waals surface area contributed by atoms with Crippen LogP contribution in [0.4, 0.5) is 0 Å². The van der Waals surface area contributed by atoms with E-state index in [0.29, 0.717) is 17.4 Å². The van der Waals surface area contributed by atoms with Crippen molar-refractivity contribution in [3.63, 3.8) is 0 Å². The molecule has 132 valence electrons. The summed E-state index contributed by atoms with van der Waals surface area (Å²) >= 11 is 1.29. The standard InChI is InChI=1S/C18H20N2O3S2/c1-4-23-18(24-3)19-17(15-8-6-5-7-9-15)20-25(21,22)16-12-10-14(2)11-13-16/h5-13H,4H2,1-3H3. The maximum atomic E-state index is 12.7. The first kappa shape index (κ1) is 19.2. The average molecular weight is 377 g/mol. The zero-order chi connectivity index (χ0) is 18.3. The van der Waals surface area contributed by atoms with E-state index in [4.69, 9.17) is 4.74 Å². The zero-order valence-electron chi connectivity index (χ0n) is 14.3. The minimum absolute atomic E-state index is 0.0963. The fourth-order valence-corrected chi connectivity index (χ4v) is 3.32. The summed E-state index contributed by atoms with van der Waals surface area (Å²) in [4.78, 5) is 4.44. The summed E-state index contributed by atoms with van der Waals surface area (Å²) in [6.45, 7) is 4.17. The van der Waals surface area contributed by atoms with Crippen LogP contribution in [-0.2, 0) is 14.8 Å². The van der Waals surface area contributed by atoms with Gasteiger partial charge in [0.05, 0.1) is 11.5 Å². The molecule has 0 saturated carbocycles. The highest BCUT2D eigenvalue weighted by Gasteiger charge is 2.16. The summed E-state index contributed by atoms with van der Waals surface area (Å²) in [6.07, 6.45) is 1.81. The topological polar surface area (TPSA) is 68.1 Å². The van der Waals surface area contributed by atoms with Crippen molar-refractivity contribution in [1.82, 2.24) is 0 Å². The van der Waals surface area contributed by atoms with E-state index in [-0.39, 0.29) is 10.7 Å². The Morgan fingerprint density at radius 2 is 1.72 bits per heavy atom. The third-order valence-electron chi connectivity index (χ3n) is 3.20. The van der Waals surface area contributed by atoms with Crippen LogP contribution >= 0.6 is 11.8 Å². The number of aryl methyl sites for hydroxylation is 1. The van der Waals surface area contributed by atoms with E-state index in [0.717, 1.165) is 5.56 Å². The van der Waals surface area contributed by atoms with Crippen molar-refractivity contribution in [3.8, 4) is 0 Å². The van der Waals surface area contributed by atoms with E-state index in [2.05, 4.69) is 9.39 Å². The fourth-order valence-electron chi connectivity index (χ4n) is 1.95. The van der Waals surface area contributed by atoms with Crippen LogP contribution in [-0.4, -0.2) is 32.3 Å². The third kappa shape index (κ3) is 5.44. The Balaban J connectivity index is 2.54. The van der Waals surface area contributed by atoms with Crippen molar-refractivity contribution >= 4 is 32.9 Å². The first-order valence-electron chi connectivity index (χ1n) is 7.69. The fraction of sp³-hybridized carbons (Fsp3) is 0.222. The van der Waals surface area contributed by atoms with Gasteiger partial charge in [0.25, 0.3) is 15.3 Å². The second kappa shape index (κ2) is 8.82. The van der Waals surface area contributed by atoms with Crippen LogP contribution in [0.25, 0.3) is 0 Å².